The van der Waals surface area contributed by atoms with Gasteiger partial charge >= 0.3 is 5.97 Å². The van der Waals surface area contributed by atoms with Gasteiger partial charge in [0.1, 0.15) is 5.69 Å². The average molecular weight is 294 g/mol. The fourth-order valence-electron chi connectivity index (χ4n) is 1.69. The fourth-order valence-corrected chi connectivity index (χ4v) is 1.69. The zero-order valence-electron chi connectivity index (χ0n) is 12.0. The van der Waals surface area contributed by atoms with Crippen LogP contribution in [-0.2, 0) is 9.53 Å². The summed E-state index contributed by atoms with van der Waals surface area (Å²) >= 11 is 0. The molecule has 21 heavy (non-hydrogen) atoms. The number of nitrogens with one attached hydrogen (secondary N) is 1. The van der Waals surface area contributed by atoms with Gasteiger partial charge in [0, 0.05) is 12.5 Å². The van der Waals surface area contributed by atoms with Crippen LogP contribution in [0.4, 0.5) is 11.4 Å². The zero-order chi connectivity index (χ0) is 15.8. The van der Waals surface area contributed by atoms with Crippen molar-refractivity contribution in [2.75, 3.05) is 11.9 Å². The average Bonchev–Trinajstić information content (AvgIpc) is 2.45. The first kappa shape index (κ1) is 16.6. The Balaban J connectivity index is 3.01. The van der Waals surface area contributed by atoms with Crippen LogP contribution in [0.2, 0.25) is 0 Å². The van der Waals surface area contributed by atoms with E-state index >= 15 is 0 Å². The molecular formula is C14H18N2O5. The Morgan fingerprint density at radius 2 is 2.05 bits per heavy atom. The second-order valence-corrected chi connectivity index (χ2v) is 4.36. The largest absolute Gasteiger partial charge is 0.462 e. The summed E-state index contributed by atoms with van der Waals surface area (Å²) in [7, 11) is 0. The summed E-state index contributed by atoms with van der Waals surface area (Å²) in [6, 6.07) is 3.75. The molecule has 7 nitrogen and oxygen atoms in total. The number of hydrogen-bond donors (Lipinski definition) is 1. The number of esters is 1. The molecule has 1 aromatic rings. The summed E-state index contributed by atoms with van der Waals surface area (Å²) in [5, 5.41) is 13.4. The van der Waals surface area contributed by atoms with Crippen LogP contribution in [-0.4, -0.2) is 23.4 Å². The van der Waals surface area contributed by atoms with Gasteiger partial charge in [-0.2, -0.15) is 0 Å². The van der Waals surface area contributed by atoms with Crippen LogP contribution in [0.1, 0.15) is 43.5 Å². The Kier molecular flexibility index (Phi) is 6.32. The van der Waals surface area contributed by atoms with Gasteiger partial charge in [-0.3, -0.25) is 14.9 Å². The van der Waals surface area contributed by atoms with E-state index in [0.717, 1.165) is 6.42 Å². The number of benzene rings is 1. The van der Waals surface area contributed by atoms with Gasteiger partial charge in [0.2, 0.25) is 5.91 Å². The number of amides is 1. The molecule has 0 fully saturated rings. The molecule has 0 atom stereocenters. The van der Waals surface area contributed by atoms with Crippen molar-refractivity contribution in [3.05, 3.63) is 33.9 Å². The van der Waals surface area contributed by atoms with Gasteiger partial charge in [-0.05, 0) is 25.5 Å². The van der Waals surface area contributed by atoms with Crippen molar-refractivity contribution in [3.63, 3.8) is 0 Å². The van der Waals surface area contributed by atoms with Gasteiger partial charge in [0.15, 0.2) is 0 Å². The number of carbonyl (C=O) groups is 2. The van der Waals surface area contributed by atoms with Crippen LogP contribution in [0.3, 0.4) is 0 Å². The maximum atomic E-state index is 11.7. The summed E-state index contributed by atoms with van der Waals surface area (Å²) in [4.78, 5) is 33.7. The highest BCUT2D eigenvalue weighted by Crippen LogP contribution is 2.26. The summed E-state index contributed by atoms with van der Waals surface area (Å²) in [6.45, 7) is 3.81. The summed E-state index contributed by atoms with van der Waals surface area (Å²) < 4.78 is 4.83. The highest BCUT2D eigenvalue weighted by atomic mass is 16.6. The first-order valence-corrected chi connectivity index (χ1v) is 6.75. The number of unbranched alkanes of at least 4 members (excludes halogenated alkanes) is 1. The standard InChI is InChI=1S/C14H18N2O5/c1-3-5-6-13(17)15-11-9-10(14(18)21-4-2)7-8-12(11)16(19)20/h7-9H,3-6H2,1-2H3,(H,15,17). The van der Waals surface area contributed by atoms with E-state index in [1.807, 2.05) is 6.92 Å². The number of carbonyl (C=O) groups excluding carboxylic acids is 2. The highest BCUT2D eigenvalue weighted by Gasteiger charge is 2.19. The SMILES string of the molecule is CCCCC(=O)Nc1cc(C(=O)OCC)ccc1[N+](=O)[O-]. The molecule has 0 aliphatic rings. The minimum Gasteiger partial charge on any atom is -0.462 e. The highest BCUT2D eigenvalue weighted by molar-refractivity contribution is 5.96. The summed E-state index contributed by atoms with van der Waals surface area (Å²) in [5.41, 5.74) is -0.0900. The van der Waals surface area contributed by atoms with Crippen molar-refractivity contribution in [2.24, 2.45) is 0 Å². The molecule has 0 saturated heterocycles. The van der Waals surface area contributed by atoms with Crippen molar-refractivity contribution in [3.8, 4) is 0 Å². The molecule has 0 radical (unpaired) electrons. The Morgan fingerprint density at radius 1 is 1.33 bits per heavy atom. The first-order chi connectivity index (χ1) is 9.99. The normalized spacial score (nSPS) is 10.0. The molecule has 0 aromatic heterocycles. The lowest BCUT2D eigenvalue weighted by Crippen LogP contribution is -2.13. The number of nitro benzene ring substituents is 1. The monoisotopic (exact) mass is 294 g/mol. The third kappa shape index (κ3) is 4.87. The molecule has 1 rings (SSSR count). The van der Waals surface area contributed by atoms with Crippen molar-refractivity contribution in [2.45, 2.75) is 33.1 Å². The number of nitro groups is 1. The molecule has 0 aliphatic heterocycles. The van der Waals surface area contributed by atoms with Crippen molar-refractivity contribution < 1.29 is 19.2 Å². The van der Waals surface area contributed by atoms with Gasteiger partial charge in [-0.25, -0.2) is 4.79 Å². The van der Waals surface area contributed by atoms with E-state index in [2.05, 4.69) is 5.32 Å². The van der Waals surface area contributed by atoms with E-state index in [0.29, 0.717) is 6.42 Å². The van der Waals surface area contributed by atoms with E-state index < -0.39 is 10.9 Å². The maximum Gasteiger partial charge on any atom is 0.338 e. The second kappa shape index (κ2) is 7.98. The van der Waals surface area contributed by atoms with E-state index in [9.17, 15) is 19.7 Å². The zero-order valence-corrected chi connectivity index (χ0v) is 12.0. The molecule has 0 spiro atoms. The quantitative estimate of drug-likeness (QED) is 0.473. The van der Waals surface area contributed by atoms with Gasteiger partial charge in [0.25, 0.3) is 5.69 Å². The van der Waals surface area contributed by atoms with Crippen LogP contribution in [0.15, 0.2) is 18.2 Å². The molecule has 114 valence electrons. The lowest BCUT2D eigenvalue weighted by Gasteiger charge is -2.08. The lowest BCUT2D eigenvalue weighted by atomic mass is 10.1. The Morgan fingerprint density at radius 3 is 2.62 bits per heavy atom. The smallest absolute Gasteiger partial charge is 0.338 e. The van der Waals surface area contributed by atoms with Crippen molar-refractivity contribution in [1.82, 2.24) is 0 Å². The lowest BCUT2D eigenvalue weighted by molar-refractivity contribution is -0.383. The maximum absolute atomic E-state index is 11.7. The minimum absolute atomic E-state index is 0.00616. The number of nitrogens with zero attached hydrogens (tertiary/aromatic N) is 1. The third-order valence-corrected chi connectivity index (χ3v) is 2.74. The van der Waals surface area contributed by atoms with Gasteiger partial charge in [-0.1, -0.05) is 13.3 Å². The van der Waals surface area contributed by atoms with Crippen LogP contribution in [0.5, 0.6) is 0 Å². The van der Waals surface area contributed by atoms with Crippen LogP contribution in [0, 0.1) is 10.1 Å². The molecule has 0 heterocycles. The van der Waals surface area contributed by atoms with E-state index in [4.69, 9.17) is 4.74 Å². The van der Waals surface area contributed by atoms with E-state index in [1.54, 1.807) is 6.92 Å². The van der Waals surface area contributed by atoms with Gasteiger partial charge < -0.3 is 10.1 Å². The molecule has 0 aliphatic carbocycles. The molecule has 0 bridgehead atoms. The molecule has 0 unspecified atom stereocenters. The number of anilines is 1. The Bertz CT molecular complexity index is 542. The van der Waals surface area contributed by atoms with Crippen molar-refractivity contribution in [1.29, 1.82) is 0 Å². The van der Waals surface area contributed by atoms with Crippen LogP contribution in [0.25, 0.3) is 0 Å². The predicted octanol–water partition coefficient (Wildman–Crippen LogP) is 2.90. The summed E-state index contributed by atoms with van der Waals surface area (Å²) in [6.07, 6.45) is 1.81. The minimum atomic E-state index is -0.607. The predicted molar refractivity (Wildman–Crippen MR) is 77.2 cm³/mol. The number of rotatable bonds is 7. The molecule has 1 N–H and O–H groups in total. The summed E-state index contributed by atoms with van der Waals surface area (Å²) in [5.74, 6) is -0.905. The van der Waals surface area contributed by atoms with Crippen LogP contribution < -0.4 is 5.32 Å². The fraction of sp³-hybridized carbons (Fsp3) is 0.429. The number of hydrogen-bond acceptors (Lipinski definition) is 5. The van der Waals surface area contributed by atoms with E-state index in [1.165, 1.54) is 18.2 Å². The molecular weight excluding hydrogens is 276 g/mol. The molecule has 1 amide bonds. The molecule has 7 heteroatoms. The van der Waals surface area contributed by atoms with Gasteiger partial charge in [0.05, 0.1) is 17.1 Å². The Hall–Kier alpha value is -2.44. The topological polar surface area (TPSA) is 98.5 Å². The van der Waals surface area contributed by atoms with E-state index in [-0.39, 0.29) is 35.9 Å². The number of ether oxygens (including phenoxy) is 1. The first-order valence-electron chi connectivity index (χ1n) is 6.75. The molecule has 0 saturated carbocycles. The third-order valence-electron chi connectivity index (χ3n) is 2.74. The van der Waals surface area contributed by atoms with Gasteiger partial charge in [-0.15, -0.1) is 0 Å². The van der Waals surface area contributed by atoms with Crippen LogP contribution >= 0.6 is 0 Å². The second-order valence-electron chi connectivity index (χ2n) is 4.36. The van der Waals surface area contributed by atoms with Crippen molar-refractivity contribution >= 4 is 23.3 Å². The molecule has 1 aromatic carbocycles. The Labute approximate surface area is 122 Å².